The van der Waals surface area contributed by atoms with Gasteiger partial charge in [0.2, 0.25) is 0 Å². The van der Waals surface area contributed by atoms with Gasteiger partial charge in [-0.25, -0.2) is 4.98 Å². The zero-order chi connectivity index (χ0) is 18.0. The first-order valence-electron chi connectivity index (χ1n) is 7.23. The number of anilines is 1. The minimum Gasteiger partial charge on any atom is -0.497 e. The molecule has 1 amide bonds. The summed E-state index contributed by atoms with van der Waals surface area (Å²) < 4.78 is 17.3. The second kappa shape index (κ2) is 7.28. The highest BCUT2D eigenvalue weighted by Gasteiger charge is 2.16. The Hall–Kier alpha value is -2.32. The van der Waals surface area contributed by atoms with E-state index in [2.05, 4.69) is 26.2 Å². The van der Waals surface area contributed by atoms with E-state index in [4.69, 9.17) is 14.2 Å². The summed E-state index contributed by atoms with van der Waals surface area (Å²) >= 11 is 4.76. The van der Waals surface area contributed by atoms with Crippen LogP contribution < -0.4 is 19.5 Å². The van der Waals surface area contributed by atoms with E-state index in [-0.39, 0.29) is 5.91 Å². The van der Waals surface area contributed by atoms with E-state index in [0.29, 0.717) is 26.7 Å². The molecule has 0 unspecified atom stereocenters. The number of ether oxygens (including phenoxy) is 3. The van der Waals surface area contributed by atoms with Gasteiger partial charge in [0.1, 0.15) is 21.7 Å². The Bertz CT molecular complexity index is 917. The third-order valence-corrected chi connectivity index (χ3v) is 5.24. The molecule has 1 N–H and O–H groups in total. The van der Waals surface area contributed by atoms with Crippen molar-refractivity contribution in [1.29, 1.82) is 0 Å². The fourth-order valence-electron chi connectivity index (χ4n) is 2.26. The largest absolute Gasteiger partial charge is 0.497 e. The lowest BCUT2D eigenvalue weighted by molar-refractivity contribution is 0.102. The molecule has 6 nitrogen and oxygen atoms in total. The quantitative estimate of drug-likeness (QED) is 0.662. The van der Waals surface area contributed by atoms with Gasteiger partial charge in [0.05, 0.1) is 31.5 Å². The van der Waals surface area contributed by atoms with Crippen molar-refractivity contribution < 1.29 is 19.0 Å². The Balaban J connectivity index is 1.89. The molecule has 2 aromatic carbocycles. The number of nitrogens with one attached hydrogen (secondary N) is 1. The standard InChI is InChI=1S/C17H15BrN2O4S/c1-22-10-4-5-11-14(8-10)25-17(19-11)20-16(21)9-6-12(23-2)15(18)13(7-9)24-3/h4-8H,1-3H3,(H,19,20,21). The van der Waals surface area contributed by atoms with E-state index < -0.39 is 0 Å². The minimum absolute atomic E-state index is 0.296. The second-order valence-electron chi connectivity index (χ2n) is 5.00. The molecule has 0 fully saturated rings. The number of halogens is 1. The summed E-state index contributed by atoms with van der Waals surface area (Å²) in [5, 5.41) is 3.32. The number of hydrogen-bond donors (Lipinski definition) is 1. The van der Waals surface area contributed by atoms with Gasteiger partial charge in [0, 0.05) is 5.56 Å². The number of carbonyl (C=O) groups is 1. The van der Waals surface area contributed by atoms with Crippen LogP contribution in [0.2, 0.25) is 0 Å². The number of methoxy groups -OCH3 is 3. The summed E-state index contributed by atoms with van der Waals surface area (Å²) in [6, 6.07) is 8.84. The van der Waals surface area contributed by atoms with Gasteiger partial charge in [0.15, 0.2) is 5.13 Å². The van der Waals surface area contributed by atoms with E-state index in [1.54, 1.807) is 19.2 Å². The summed E-state index contributed by atoms with van der Waals surface area (Å²) in [4.78, 5) is 17.0. The molecular formula is C17H15BrN2O4S. The van der Waals surface area contributed by atoms with Gasteiger partial charge in [-0.1, -0.05) is 11.3 Å². The lowest BCUT2D eigenvalue weighted by Crippen LogP contribution is -2.12. The van der Waals surface area contributed by atoms with Gasteiger partial charge in [-0.05, 0) is 46.3 Å². The van der Waals surface area contributed by atoms with E-state index in [0.717, 1.165) is 16.0 Å². The Morgan fingerprint density at radius 3 is 2.36 bits per heavy atom. The van der Waals surface area contributed by atoms with E-state index in [9.17, 15) is 4.79 Å². The third-order valence-electron chi connectivity index (χ3n) is 3.52. The van der Waals surface area contributed by atoms with Crippen LogP contribution >= 0.6 is 27.3 Å². The Morgan fingerprint density at radius 2 is 1.76 bits per heavy atom. The molecule has 0 atom stereocenters. The molecule has 0 saturated heterocycles. The van der Waals surface area contributed by atoms with Crippen LogP contribution in [0.15, 0.2) is 34.8 Å². The topological polar surface area (TPSA) is 69.7 Å². The molecular weight excluding hydrogens is 408 g/mol. The van der Waals surface area contributed by atoms with Gasteiger partial charge in [0.25, 0.3) is 5.91 Å². The van der Waals surface area contributed by atoms with E-state index >= 15 is 0 Å². The molecule has 0 saturated carbocycles. The normalized spacial score (nSPS) is 10.6. The maximum Gasteiger partial charge on any atom is 0.257 e. The molecule has 1 heterocycles. The van der Waals surface area contributed by atoms with Gasteiger partial charge in [-0.2, -0.15) is 0 Å². The summed E-state index contributed by atoms with van der Waals surface area (Å²) in [5.41, 5.74) is 1.21. The molecule has 3 rings (SSSR count). The van der Waals surface area contributed by atoms with Gasteiger partial charge < -0.3 is 14.2 Å². The number of fused-ring (bicyclic) bond motifs is 1. The highest BCUT2D eigenvalue weighted by molar-refractivity contribution is 9.10. The molecule has 130 valence electrons. The number of thiazole rings is 1. The molecule has 8 heteroatoms. The minimum atomic E-state index is -0.296. The van der Waals surface area contributed by atoms with Crippen LogP contribution in [0.1, 0.15) is 10.4 Å². The van der Waals surface area contributed by atoms with Crippen molar-refractivity contribution in [3.05, 3.63) is 40.4 Å². The van der Waals surface area contributed by atoms with Crippen LogP contribution in [-0.4, -0.2) is 32.2 Å². The number of aromatic nitrogens is 1. The molecule has 0 bridgehead atoms. The first-order chi connectivity index (χ1) is 12.0. The van der Waals surface area contributed by atoms with Crippen LogP contribution in [-0.2, 0) is 0 Å². The van der Waals surface area contributed by atoms with Gasteiger partial charge in [-0.3, -0.25) is 10.1 Å². The highest BCUT2D eigenvalue weighted by Crippen LogP contribution is 2.36. The molecule has 25 heavy (non-hydrogen) atoms. The zero-order valence-corrected chi connectivity index (χ0v) is 16.2. The van der Waals surface area contributed by atoms with Crippen LogP contribution in [0, 0.1) is 0 Å². The Morgan fingerprint density at radius 1 is 1.08 bits per heavy atom. The summed E-state index contributed by atoms with van der Waals surface area (Å²) in [6.45, 7) is 0. The molecule has 0 aliphatic carbocycles. The van der Waals surface area contributed by atoms with Crippen LogP contribution in [0.25, 0.3) is 10.2 Å². The molecule has 0 aliphatic heterocycles. The second-order valence-corrected chi connectivity index (χ2v) is 6.83. The van der Waals surface area contributed by atoms with Crippen molar-refractivity contribution in [2.75, 3.05) is 26.6 Å². The number of benzene rings is 2. The average molecular weight is 423 g/mol. The summed E-state index contributed by atoms with van der Waals surface area (Å²) in [5.74, 6) is 1.48. The number of carbonyl (C=O) groups excluding carboxylic acids is 1. The maximum atomic E-state index is 12.6. The summed E-state index contributed by atoms with van der Waals surface area (Å²) in [6.07, 6.45) is 0. The average Bonchev–Trinajstić information content (AvgIpc) is 3.02. The lowest BCUT2D eigenvalue weighted by Gasteiger charge is -2.11. The predicted molar refractivity (Wildman–Crippen MR) is 101 cm³/mol. The molecule has 0 radical (unpaired) electrons. The maximum absolute atomic E-state index is 12.6. The SMILES string of the molecule is COc1ccc2nc(NC(=O)c3cc(OC)c(Br)c(OC)c3)sc2c1. The van der Waals surface area contributed by atoms with Gasteiger partial charge in [-0.15, -0.1) is 0 Å². The predicted octanol–water partition coefficient (Wildman–Crippen LogP) is 4.34. The third kappa shape index (κ3) is 3.54. The number of hydrogen-bond acceptors (Lipinski definition) is 6. The van der Waals surface area contributed by atoms with Crippen LogP contribution in [0.5, 0.6) is 17.2 Å². The lowest BCUT2D eigenvalue weighted by atomic mass is 10.2. The van der Waals surface area contributed by atoms with Gasteiger partial charge >= 0.3 is 0 Å². The monoisotopic (exact) mass is 422 g/mol. The zero-order valence-electron chi connectivity index (χ0n) is 13.8. The van der Waals surface area contributed by atoms with Crippen molar-refractivity contribution in [3.63, 3.8) is 0 Å². The molecule has 3 aromatic rings. The van der Waals surface area contributed by atoms with Crippen molar-refractivity contribution >= 4 is 48.5 Å². The Kier molecular flexibility index (Phi) is 5.10. The van der Waals surface area contributed by atoms with Crippen molar-refractivity contribution in [2.24, 2.45) is 0 Å². The number of amides is 1. The first-order valence-corrected chi connectivity index (χ1v) is 8.84. The molecule has 0 aliphatic rings. The molecule has 1 aromatic heterocycles. The van der Waals surface area contributed by atoms with Crippen molar-refractivity contribution in [2.45, 2.75) is 0 Å². The number of nitrogens with zero attached hydrogens (tertiary/aromatic N) is 1. The smallest absolute Gasteiger partial charge is 0.257 e. The molecule has 0 spiro atoms. The highest BCUT2D eigenvalue weighted by atomic mass is 79.9. The van der Waals surface area contributed by atoms with Crippen molar-refractivity contribution in [1.82, 2.24) is 4.98 Å². The van der Waals surface area contributed by atoms with Crippen molar-refractivity contribution in [3.8, 4) is 17.2 Å². The van der Waals surface area contributed by atoms with E-state index in [1.165, 1.54) is 25.6 Å². The number of rotatable bonds is 5. The van der Waals surface area contributed by atoms with Crippen LogP contribution in [0.3, 0.4) is 0 Å². The fourth-order valence-corrected chi connectivity index (χ4v) is 3.70. The van der Waals surface area contributed by atoms with E-state index in [1.807, 2.05) is 18.2 Å². The fraction of sp³-hybridized carbons (Fsp3) is 0.176. The Labute approximate surface area is 156 Å². The van der Waals surface area contributed by atoms with Crippen LogP contribution in [0.4, 0.5) is 5.13 Å². The summed E-state index contributed by atoms with van der Waals surface area (Å²) in [7, 11) is 4.67. The first kappa shape index (κ1) is 17.5.